The highest BCUT2D eigenvalue weighted by molar-refractivity contribution is 7.92. The minimum atomic E-state index is -5.03. The fraction of sp³-hybridized carbons (Fsp3) is 0.235. The van der Waals surface area contributed by atoms with Gasteiger partial charge in [-0.2, -0.15) is 5.26 Å². The summed E-state index contributed by atoms with van der Waals surface area (Å²) < 4.78 is 41.1. The molecule has 136 valence electrons. The predicted molar refractivity (Wildman–Crippen MR) is 90.1 cm³/mol. The fourth-order valence-corrected chi connectivity index (χ4v) is 4.32. The van der Waals surface area contributed by atoms with Gasteiger partial charge in [-0.3, -0.25) is 10.1 Å². The van der Waals surface area contributed by atoms with Crippen LogP contribution in [0.4, 0.5) is 4.39 Å². The highest BCUT2D eigenvalue weighted by Gasteiger charge is 2.63. The van der Waals surface area contributed by atoms with Gasteiger partial charge >= 0.3 is 5.12 Å². The third-order valence-corrected chi connectivity index (χ3v) is 6.05. The molecule has 0 amide bonds. The molecular formula is C17H15FN2O5S. The van der Waals surface area contributed by atoms with E-state index in [9.17, 15) is 23.6 Å². The molecule has 0 radical (unpaired) electrons. The Hall–Kier alpha value is -2.83. The Morgan fingerprint density at radius 1 is 1.19 bits per heavy atom. The summed E-state index contributed by atoms with van der Waals surface area (Å²) in [6.45, 7) is -0.658. The van der Waals surface area contributed by atoms with Crippen molar-refractivity contribution in [3.05, 3.63) is 75.8 Å². The summed E-state index contributed by atoms with van der Waals surface area (Å²) in [5, 5.41) is 25.8. The molecule has 0 fully saturated rings. The molecule has 2 rings (SSSR count). The van der Waals surface area contributed by atoms with Crippen molar-refractivity contribution in [3.63, 3.8) is 0 Å². The van der Waals surface area contributed by atoms with Crippen LogP contribution < -0.4 is 0 Å². The van der Waals surface area contributed by atoms with Crippen LogP contribution in [0, 0.1) is 21.4 Å². The number of hydrogen-bond acceptors (Lipinski definition) is 6. The molecule has 0 aliphatic rings. The third kappa shape index (κ3) is 3.29. The van der Waals surface area contributed by atoms with Crippen molar-refractivity contribution < 1.29 is 22.8 Å². The van der Waals surface area contributed by atoms with Crippen molar-refractivity contribution in [2.24, 2.45) is 0 Å². The average Bonchev–Trinajstić information content (AvgIpc) is 2.66. The summed E-state index contributed by atoms with van der Waals surface area (Å²) >= 11 is 0. The summed E-state index contributed by atoms with van der Waals surface area (Å²) in [6, 6.07) is 13.2. The number of hydrogen-bond donors (Lipinski definition) is 1. The van der Waals surface area contributed by atoms with E-state index in [2.05, 4.69) is 0 Å². The van der Waals surface area contributed by atoms with Crippen LogP contribution in [-0.2, 0) is 9.84 Å². The van der Waals surface area contributed by atoms with Crippen molar-refractivity contribution in [2.75, 3.05) is 6.61 Å². The second-order valence-electron chi connectivity index (χ2n) is 5.48. The summed E-state index contributed by atoms with van der Waals surface area (Å²) in [5.41, 5.74) is 0.227. The standard InChI is InChI=1S/C17H15FN2O5S/c18-17(20(22)23,26(24,25)15-4-2-1-3-5-15)16(10-11-21)14-8-6-13(12-19)7-9-14/h1-9,16,21H,10-11H2/t16-,17+/m0/s1. The van der Waals surface area contributed by atoms with E-state index in [0.717, 1.165) is 12.1 Å². The quantitative estimate of drug-likeness (QED) is 0.448. The predicted octanol–water partition coefficient (Wildman–Crippen LogP) is 2.40. The number of aliphatic hydroxyl groups is 1. The van der Waals surface area contributed by atoms with E-state index in [1.54, 1.807) is 0 Å². The summed E-state index contributed by atoms with van der Waals surface area (Å²) in [6.07, 6.45) is -0.491. The van der Waals surface area contributed by atoms with Gasteiger partial charge in [0.1, 0.15) is 5.92 Å². The Labute approximate surface area is 149 Å². The second kappa shape index (κ2) is 7.59. The minimum absolute atomic E-state index is 0.00300. The number of aliphatic hydroxyl groups excluding tert-OH is 1. The number of nitriles is 1. The molecule has 2 atom stereocenters. The first-order chi connectivity index (χ1) is 12.3. The normalized spacial score (nSPS) is 14.8. The Morgan fingerprint density at radius 2 is 1.77 bits per heavy atom. The van der Waals surface area contributed by atoms with Gasteiger partial charge in [-0.1, -0.05) is 30.3 Å². The number of alkyl halides is 1. The van der Waals surface area contributed by atoms with Gasteiger partial charge in [-0.25, -0.2) is 8.42 Å². The number of benzene rings is 2. The Bertz CT molecular complexity index is 926. The van der Waals surface area contributed by atoms with E-state index in [1.165, 1.54) is 42.5 Å². The zero-order chi connectivity index (χ0) is 19.4. The van der Waals surface area contributed by atoms with Gasteiger partial charge in [0.2, 0.25) is 0 Å². The summed E-state index contributed by atoms with van der Waals surface area (Å²) in [5.74, 6) is -1.76. The van der Waals surface area contributed by atoms with E-state index in [1.807, 2.05) is 6.07 Å². The number of rotatable bonds is 7. The largest absolute Gasteiger partial charge is 0.469 e. The number of halogens is 1. The van der Waals surface area contributed by atoms with E-state index >= 15 is 4.39 Å². The minimum Gasteiger partial charge on any atom is -0.396 e. The van der Waals surface area contributed by atoms with Gasteiger partial charge in [0.05, 0.1) is 21.5 Å². The van der Waals surface area contributed by atoms with Crippen LogP contribution in [0.3, 0.4) is 0 Å². The van der Waals surface area contributed by atoms with Crippen molar-refractivity contribution in [3.8, 4) is 6.07 Å². The van der Waals surface area contributed by atoms with Crippen molar-refractivity contribution >= 4 is 9.84 Å². The highest BCUT2D eigenvalue weighted by Crippen LogP contribution is 2.42. The molecule has 0 unspecified atom stereocenters. The van der Waals surface area contributed by atoms with E-state index in [0.29, 0.717) is 0 Å². The molecule has 7 nitrogen and oxygen atoms in total. The summed E-state index contributed by atoms with van der Waals surface area (Å²) in [7, 11) is -5.03. The number of nitro groups is 1. The van der Waals surface area contributed by atoms with Crippen molar-refractivity contribution in [2.45, 2.75) is 22.4 Å². The molecule has 9 heteroatoms. The van der Waals surface area contributed by atoms with Gasteiger partial charge in [0.15, 0.2) is 0 Å². The summed E-state index contributed by atoms with van der Waals surface area (Å²) in [4.78, 5) is 9.56. The molecule has 0 heterocycles. The van der Waals surface area contributed by atoms with Crippen LogP contribution in [0.5, 0.6) is 0 Å². The Balaban J connectivity index is 2.67. The van der Waals surface area contributed by atoms with Crippen LogP contribution in [-0.4, -0.2) is 30.2 Å². The van der Waals surface area contributed by atoms with Crippen LogP contribution >= 0.6 is 0 Å². The molecule has 2 aromatic carbocycles. The Morgan fingerprint density at radius 3 is 2.23 bits per heavy atom. The van der Waals surface area contributed by atoms with Crippen LogP contribution in [0.2, 0.25) is 0 Å². The zero-order valence-corrected chi connectivity index (χ0v) is 14.3. The van der Waals surface area contributed by atoms with E-state index in [4.69, 9.17) is 5.26 Å². The van der Waals surface area contributed by atoms with Crippen molar-refractivity contribution in [1.29, 1.82) is 5.26 Å². The molecule has 0 aliphatic heterocycles. The monoisotopic (exact) mass is 378 g/mol. The van der Waals surface area contributed by atoms with Crippen LogP contribution in [0.15, 0.2) is 59.5 Å². The molecule has 0 aliphatic carbocycles. The first kappa shape index (κ1) is 19.5. The molecule has 2 aromatic rings. The van der Waals surface area contributed by atoms with Crippen molar-refractivity contribution in [1.82, 2.24) is 0 Å². The first-order valence-electron chi connectivity index (χ1n) is 7.53. The molecule has 0 aromatic heterocycles. The fourth-order valence-electron chi connectivity index (χ4n) is 2.65. The van der Waals surface area contributed by atoms with Gasteiger partial charge < -0.3 is 5.11 Å². The lowest BCUT2D eigenvalue weighted by Gasteiger charge is -2.26. The topological polar surface area (TPSA) is 121 Å². The molecule has 1 N–H and O–H groups in total. The van der Waals surface area contributed by atoms with Gasteiger partial charge in [0.25, 0.3) is 9.84 Å². The zero-order valence-electron chi connectivity index (χ0n) is 13.4. The maximum atomic E-state index is 15.6. The van der Waals surface area contributed by atoms with Crippen LogP contribution in [0.1, 0.15) is 23.5 Å². The van der Waals surface area contributed by atoms with E-state index in [-0.39, 0.29) is 11.1 Å². The Kier molecular flexibility index (Phi) is 5.69. The highest BCUT2D eigenvalue weighted by atomic mass is 32.2. The lowest BCUT2D eigenvalue weighted by atomic mass is 9.94. The second-order valence-corrected chi connectivity index (χ2v) is 7.53. The number of sulfone groups is 1. The van der Waals surface area contributed by atoms with Gasteiger partial charge in [0, 0.05) is 6.61 Å². The molecule has 0 spiro atoms. The molecule has 26 heavy (non-hydrogen) atoms. The maximum Gasteiger partial charge on any atom is 0.469 e. The average molecular weight is 378 g/mol. The van der Waals surface area contributed by atoms with Crippen LogP contribution in [0.25, 0.3) is 0 Å². The molecule has 0 saturated heterocycles. The lowest BCUT2D eigenvalue weighted by molar-refractivity contribution is -0.579. The maximum absolute atomic E-state index is 15.6. The lowest BCUT2D eigenvalue weighted by Crippen LogP contribution is -2.47. The molecular weight excluding hydrogens is 363 g/mol. The third-order valence-electron chi connectivity index (χ3n) is 3.97. The first-order valence-corrected chi connectivity index (χ1v) is 9.01. The smallest absolute Gasteiger partial charge is 0.396 e. The molecule has 0 bridgehead atoms. The molecule has 0 saturated carbocycles. The van der Waals surface area contributed by atoms with Gasteiger partial charge in [-0.15, -0.1) is 4.39 Å². The number of nitrogens with zero attached hydrogens (tertiary/aromatic N) is 2. The van der Waals surface area contributed by atoms with E-state index < -0.39 is 43.7 Å². The van der Waals surface area contributed by atoms with Gasteiger partial charge in [-0.05, 0) is 36.2 Å². The SMILES string of the molecule is N#Cc1ccc([C@H](CCO)[C@@](F)([N+](=O)[O-])S(=O)(=O)c2ccccc2)cc1.